The van der Waals surface area contributed by atoms with Gasteiger partial charge in [0.25, 0.3) is 11.8 Å². The van der Waals surface area contributed by atoms with Crippen molar-refractivity contribution >= 4 is 17.8 Å². The van der Waals surface area contributed by atoms with Gasteiger partial charge in [-0.3, -0.25) is 9.59 Å². The normalized spacial score (nSPS) is 13.6. The van der Waals surface area contributed by atoms with Gasteiger partial charge in [-0.05, 0) is 25.0 Å². The number of hydrogen-bond donors (Lipinski definition) is 0. The number of hydroxylamine groups is 2. The average molecular weight is 328 g/mol. The van der Waals surface area contributed by atoms with Crippen LogP contribution in [0.2, 0.25) is 0 Å². The van der Waals surface area contributed by atoms with E-state index >= 15 is 0 Å². The highest BCUT2D eigenvalue weighted by atomic mass is 16.7. The zero-order valence-electron chi connectivity index (χ0n) is 13.5. The summed E-state index contributed by atoms with van der Waals surface area (Å²) in [6.07, 6.45) is 0.571. The molecule has 2 aromatic rings. The van der Waals surface area contributed by atoms with Gasteiger partial charge >= 0.3 is 5.97 Å². The summed E-state index contributed by atoms with van der Waals surface area (Å²) >= 11 is 0. The number of carbonyl (C=O) groups is 3. The number of nitrogens with zero attached hydrogens (tertiary/aromatic N) is 2. The second kappa shape index (κ2) is 5.92. The number of oxazole rings is 1. The molecule has 0 atom stereocenters. The minimum absolute atomic E-state index is 0.109. The van der Waals surface area contributed by atoms with Gasteiger partial charge in [-0.15, -0.1) is 0 Å². The first-order valence-electron chi connectivity index (χ1n) is 7.55. The van der Waals surface area contributed by atoms with Crippen molar-refractivity contribution in [2.75, 3.05) is 0 Å². The quantitative estimate of drug-likeness (QED) is 0.801. The molecule has 1 aromatic carbocycles. The molecule has 0 spiro atoms. The van der Waals surface area contributed by atoms with E-state index in [0.717, 1.165) is 0 Å². The molecule has 24 heavy (non-hydrogen) atoms. The fourth-order valence-electron chi connectivity index (χ4n) is 2.45. The predicted molar refractivity (Wildman–Crippen MR) is 82.1 cm³/mol. The van der Waals surface area contributed by atoms with E-state index in [1.54, 1.807) is 19.1 Å². The highest BCUT2D eigenvalue weighted by Gasteiger charge is 2.39. The first-order chi connectivity index (χ1) is 11.4. The summed E-state index contributed by atoms with van der Waals surface area (Å²) < 4.78 is 5.41. The van der Waals surface area contributed by atoms with Crippen LogP contribution in [0.4, 0.5) is 0 Å². The SMILES string of the molecule is Cc1nc(CC(C)C)oc1C(=O)ON1C(=O)c2ccccc2C1=O. The van der Waals surface area contributed by atoms with Crippen molar-refractivity contribution in [2.24, 2.45) is 5.92 Å². The number of hydrogen-bond acceptors (Lipinski definition) is 6. The molecule has 0 N–H and O–H groups in total. The first kappa shape index (κ1) is 15.9. The van der Waals surface area contributed by atoms with Crippen LogP contribution >= 0.6 is 0 Å². The molecule has 7 heteroatoms. The molecule has 0 fully saturated rings. The molecule has 0 saturated heterocycles. The Morgan fingerprint density at radius 2 is 1.79 bits per heavy atom. The summed E-state index contributed by atoms with van der Waals surface area (Å²) in [5.74, 6) is -1.67. The van der Waals surface area contributed by atoms with Crippen LogP contribution in [0.15, 0.2) is 28.7 Å². The topological polar surface area (TPSA) is 89.7 Å². The molecule has 2 amide bonds. The highest BCUT2D eigenvalue weighted by Crippen LogP contribution is 2.24. The van der Waals surface area contributed by atoms with E-state index in [9.17, 15) is 14.4 Å². The maximum Gasteiger partial charge on any atom is 0.401 e. The fourth-order valence-corrected chi connectivity index (χ4v) is 2.45. The number of aromatic nitrogens is 1. The van der Waals surface area contributed by atoms with Crippen LogP contribution in [0.1, 0.15) is 56.7 Å². The second-order valence-corrected chi connectivity index (χ2v) is 5.95. The number of carbonyl (C=O) groups excluding carboxylic acids is 3. The van der Waals surface area contributed by atoms with Gasteiger partial charge in [0.2, 0.25) is 5.76 Å². The minimum Gasteiger partial charge on any atom is -0.433 e. The third-order valence-corrected chi connectivity index (χ3v) is 3.54. The summed E-state index contributed by atoms with van der Waals surface area (Å²) in [5.41, 5.74) is 0.752. The Balaban J connectivity index is 1.80. The molecule has 7 nitrogen and oxygen atoms in total. The Morgan fingerprint density at radius 3 is 2.33 bits per heavy atom. The van der Waals surface area contributed by atoms with Gasteiger partial charge < -0.3 is 9.25 Å². The molecule has 0 bridgehead atoms. The van der Waals surface area contributed by atoms with Crippen LogP contribution in [0.5, 0.6) is 0 Å². The monoisotopic (exact) mass is 328 g/mol. The summed E-state index contributed by atoms with van der Waals surface area (Å²) in [6.45, 7) is 5.60. The van der Waals surface area contributed by atoms with Gasteiger partial charge in [0.15, 0.2) is 5.89 Å². The van der Waals surface area contributed by atoms with Crippen molar-refractivity contribution in [1.29, 1.82) is 0 Å². The highest BCUT2D eigenvalue weighted by molar-refractivity contribution is 6.21. The Bertz CT molecular complexity index is 802. The standard InChI is InChI=1S/C17H16N2O5/c1-9(2)8-13-18-10(3)14(23-13)17(22)24-19-15(20)11-6-4-5-7-12(11)16(19)21/h4-7,9H,8H2,1-3H3. The van der Waals surface area contributed by atoms with E-state index in [2.05, 4.69) is 4.98 Å². The Morgan fingerprint density at radius 1 is 1.21 bits per heavy atom. The first-order valence-corrected chi connectivity index (χ1v) is 7.55. The molecule has 1 aliphatic heterocycles. The average Bonchev–Trinajstić information content (AvgIpc) is 3.00. The molecule has 1 aromatic heterocycles. The van der Waals surface area contributed by atoms with Crippen molar-refractivity contribution in [2.45, 2.75) is 27.2 Å². The van der Waals surface area contributed by atoms with E-state index in [1.807, 2.05) is 13.8 Å². The zero-order valence-corrected chi connectivity index (χ0v) is 13.5. The molecule has 0 radical (unpaired) electrons. The molecule has 0 unspecified atom stereocenters. The smallest absolute Gasteiger partial charge is 0.401 e. The van der Waals surface area contributed by atoms with Gasteiger partial charge in [0, 0.05) is 6.42 Å². The molecule has 3 rings (SSSR count). The van der Waals surface area contributed by atoms with Crippen molar-refractivity contribution < 1.29 is 23.6 Å². The molecule has 0 saturated carbocycles. The van der Waals surface area contributed by atoms with Gasteiger partial charge in [0.05, 0.1) is 16.8 Å². The Kier molecular flexibility index (Phi) is 3.92. The largest absolute Gasteiger partial charge is 0.433 e. The third kappa shape index (κ3) is 2.68. The summed E-state index contributed by atoms with van der Waals surface area (Å²) in [5, 5.41) is 0.455. The van der Waals surface area contributed by atoms with Gasteiger partial charge in [-0.2, -0.15) is 0 Å². The number of rotatable bonds is 4. The summed E-state index contributed by atoms with van der Waals surface area (Å²) in [7, 11) is 0. The maximum absolute atomic E-state index is 12.3. The van der Waals surface area contributed by atoms with Crippen molar-refractivity contribution in [3.8, 4) is 0 Å². The van der Waals surface area contributed by atoms with Crippen molar-refractivity contribution in [3.05, 3.63) is 52.7 Å². The lowest BCUT2D eigenvalue weighted by atomic mass is 10.1. The van der Waals surface area contributed by atoms with Crippen LogP contribution in [0.3, 0.4) is 0 Å². The number of amides is 2. The Labute approximate surface area is 138 Å². The number of fused-ring (bicyclic) bond motifs is 1. The van der Waals surface area contributed by atoms with Crippen LogP contribution in [0, 0.1) is 12.8 Å². The Hall–Kier alpha value is -2.96. The van der Waals surface area contributed by atoms with Crippen LogP contribution in [-0.4, -0.2) is 27.8 Å². The molecule has 124 valence electrons. The molecule has 2 heterocycles. The molecule has 1 aliphatic rings. The van der Waals surface area contributed by atoms with E-state index < -0.39 is 17.8 Å². The van der Waals surface area contributed by atoms with Gasteiger partial charge in [-0.25, -0.2) is 9.78 Å². The summed E-state index contributed by atoms with van der Waals surface area (Å²) in [6, 6.07) is 6.27. The molecular weight excluding hydrogens is 312 g/mol. The van der Waals surface area contributed by atoms with Crippen molar-refractivity contribution in [3.63, 3.8) is 0 Å². The number of imide groups is 1. The van der Waals surface area contributed by atoms with E-state index in [-0.39, 0.29) is 16.9 Å². The van der Waals surface area contributed by atoms with Crippen molar-refractivity contribution in [1.82, 2.24) is 10.0 Å². The molecular formula is C17H16N2O5. The number of benzene rings is 1. The fraction of sp³-hybridized carbons (Fsp3) is 0.294. The molecule has 0 aliphatic carbocycles. The minimum atomic E-state index is -0.926. The van der Waals surface area contributed by atoms with E-state index in [1.165, 1.54) is 12.1 Å². The lowest BCUT2D eigenvalue weighted by Crippen LogP contribution is -2.32. The maximum atomic E-state index is 12.3. The summed E-state index contributed by atoms with van der Waals surface area (Å²) in [4.78, 5) is 45.8. The van der Waals surface area contributed by atoms with Gasteiger partial charge in [0.1, 0.15) is 0 Å². The van der Waals surface area contributed by atoms with Crippen LogP contribution < -0.4 is 0 Å². The van der Waals surface area contributed by atoms with E-state index in [0.29, 0.717) is 29.0 Å². The zero-order chi connectivity index (χ0) is 17.4. The van der Waals surface area contributed by atoms with Crippen LogP contribution in [-0.2, 0) is 11.3 Å². The predicted octanol–water partition coefficient (Wildman–Crippen LogP) is 2.55. The second-order valence-electron chi connectivity index (χ2n) is 5.95. The van der Waals surface area contributed by atoms with Gasteiger partial charge in [-0.1, -0.05) is 31.0 Å². The van der Waals surface area contributed by atoms with Crippen LogP contribution in [0.25, 0.3) is 0 Å². The lowest BCUT2D eigenvalue weighted by Gasteiger charge is -2.11. The van der Waals surface area contributed by atoms with E-state index in [4.69, 9.17) is 9.25 Å². The third-order valence-electron chi connectivity index (χ3n) is 3.54. The number of aryl methyl sites for hydroxylation is 1. The lowest BCUT2D eigenvalue weighted by molar-refractivity contribution is -0.0604.